The minimum atomic E-state index is 0.339. The van der Waals surface area contributed by atoms with E-state index in [0.717, 1.165) is 12.8 Å². The lowest BCUT2D eigenvalue weighted by atomic mass is 9.93. The Balaban J connectivity index is 1.88. The highest BCUT2D eigenvalue weighted by Gasteiger charge is 2.27. The van der Waals surface area contributed by atoms with Crippen molar-refractivity contribution < 1.29 is 0 Å². The lowest BCUT2D eigenvalue weighted by Gasteiger charge is -2.31. The molecule has 1 aromatic heterocycles. The molecule has 0 atom stereocenters. The van der Waals surface area contributed by atoms with Gasteiger partial charge in [-0.2, -0.15) is 0 Å². The normalized spacial score (nSPS) is 27.8. The van der Waals surface area contributed by atoms with Gasteiger partial charge in [0.1, 0.15) is 0 Å². The first kappa shape index (κ1) is 7.80. The number of hydrogen-bond donors (Lipinski definition) is 1. The largest absolute Gasteiger partial charge is 0.351 e. The van der Waals surface area contributed by atoms with Crippen molar-refractivity contribution in [2.45, 2.75) is 24.3 Å². The van der Waals surface area contributed by atoms with E-state index in [1.165, 1.54) is 0 Å². The Hall–Kier alpha value is -0.830. The van der Waals surface area contributed by atoms with E-state index in [0.29, 0.717) is 17.4 Å². The summed E-state index contributed by atoms with van der Waals surface area (Å²) in [6.45, 7) is 0. The summed E-state index contributed by atoms with van der Waals surface area (Å²) >= 11 is 5.83. The summed E-state index contributed by atoms with van der Waals surface area (Å²) in [7, 11) is 0. The van der Waals surface area contributed by atoms with Crippen LogP contribution < -0.4 is 5.32 Å². The summed E-state index contributed by atoms with van der Waals surface area (Å²) in [6.07, 6.45) is 5.48. The van der Waals surface area contributed by atoms with Crippen LogP contribution in [-0.2, 0) is 0 Å². The third-order valence-electron chi connectivity index (χ3n) is 1.98. The second kappa shape index (κ2) is 3.27. The van der Waals surface area contributed by atoms with Gasteiger partial charge in [0.25, 0.3) is 0 Å². The highest BCUT2D eigenvalue weighted by Crippen LogP contribution is 2.27. The first-order chi connectivity index (χ1) is 5.84. The van der Waals surface area contributed by atoms with Crippen LogP contribution in [0.15, 0.2) is 18.5 Å². The predicted octanol–water partition coefficient (Wildman–Crippen LogP) is 1.66. The second-order valence-electron chi connectivity index (χ2n) is 2.98. The van der Waals surface area contributed by atoms with E-state index in [1.807, 2.05) is 0 Å². The monoisotopic (exact) mass is 183 g/mol. The van der Waals surface area contributed by atoms with Crippen LogP contribution in [-0.4, -0.2) is 21.4 Å². The number of nitrogens with one attached hydrogen (secondary N) is 1. The molecule has 1 aliphatic carbocycles. The Kier molecular flexibility index (Phi) is 2.13. The summed E-state index contributed by atoms with van der Waals surface area (Å²) in [4.78, 5) is 8.12. The average molecular weight is 184 g/mol. The van der Waals surface area contributed by atoms with E-state index < -0.39 is 0 Å². The number of alkyl halides is 1. The topological polar surface area (TPSA) is 37.8 Å². The molecule has 0 saturated heterocycles. The van der Waals surface area contributed by atoms with Crippen molar-refractivity contribution in [3.05, 3.63) is 18.5 Å². The van der Waals surface area contributed by atoms with Crippen molar-refractivity contribution in [1.29, 1.82) is 0 Å². The molecule has 0 bridgehead atoms. The van der Waals surface area contributed by atoms with Crippen LogP contribution in [0.25, 0.3) is 0 Å². The molecular weight excluding hydrogens is 174 g/mol. The summed E-state index contributed by atoms with van der Waals surface area (Å²) in [6, 6.07) is 2.27. The zero-order valence-corrected chi connectivity index (χ0v) is 7.33. The number of nitrogens with zero attached hydrogens (tertiary/aromatic N) is 2. The van der Waals surface area contributed by atoms with Crippen molar-refractivity contribution >= 4 is 17.5 Å². The molecule has 1 aliphatic rings. The van der Waals surface area contributed by atoms with E-state index in [9.17, 15) is 0 Å². The number of rotatable bonds is 2. The quantitative estimate of drug-likeness (QED) is 0.709. The van der Waals surface area contributed by atoms with Gasteiger partial charge >= 0.3 is 0 Å². The van der Waals surface area contributed by atoms with Crippen LogP contribution in [0.5, 0.6) is 0 Å². The van der Waals surface area contributed by atoms with Gasteiger partial charge in [-0.25, -0.2) is 9.97 Å². The first-order valence-corrected chi connectivity index (χ1v) is 4.46. The summed E-state index contributed by atoms with van der Waals surface area (Å²) < 4.78 is 0. The van der Waals surface area contributed by atoms with Crippen LogP contribution in [0.4, 0.5) is 5.95 Å². The first-order valence-electron chi connectivity index (χ1n) is 4.02. The molecule has 0 unspecified atom stereocenters. The molecule has 0 amide bonds. The van der Waals surface area contributed by atoms with Crippen molar-refractivity contribution in [1.82, 2.24) is 9.97 Å². The van der Waals surface area contributed by atoms with Crippen LogP contribution >= 0.6 is 11.6 Å². The maximum Gasteiger partial charge on any atom is 0.222 e. The molecule has 0 spiro atoms. The standard InChI is InChI=1S/C8H10ClN3/c9-6-4-7(5-6)12-8-10-2-1-3-11-8/h1-3,6-7H,4-5H2,(H,10,11,12). The summed E-state index contributed by atoms with van der Waals surface area (Å²) in [5.74, 6) is 0.700. The number of aromatic nitrogens is 2. The Bertz CT molecular complexity index is 246. The van der Waals surface area contributed by atoms with Crippen LogP contribution in [0, 0.1) is 0 Å². The molecule has 0 radical (unpaired) electrons. The minimum absolute atomic E-state index is 0.339. The smallest absolute Gasteiger partial charge is 0.222 e. The minimum Gasteiger partial charge on any atom is -0.351 e. The van der Waals surface area contributed by atoms with E-state index >= 15 is 0 Å². The van der Waals surface area contributed by atoms with Gasteiger partial charge in [-0.1, -0.05) is 0 Å². The van der Waals surface area contributed by atoms with Gasteiger partial charge in [0.15, 0.2) is 0 Å². The van der Waals surface area contributed by atoms with Gasteiger partial charge in [-0.05, 0) is 18.9 Å². The molecule has 0 aliphatic heterocycles. The molecule has 4 heteroatoms. The molecule has 1 N–H and O–H groups in total. The number of halogens is 1. The zero-order valence-electron chi connectivity index (χ0n) is 6.57. The highest BCUT2D eigenvalue weighted by molar-refractivity contribution is 6.21. The molecule has 64 valence electrons. The Morgan fingerprint density at radius 3 is 2.58 bits per heavy atom. The lowest BCUT2D eigenvalue weighted by molar-refractivity contribution is 0.452. The van der Waals surface area contributed by atoms with Crippen molar-refractivity contribution in [3.63, 3.8) is 0 Å². The SMILES string of the molecule is ClC1CC(Nc2ncccn2)C1. The van der Waals surface area contributed by atoms with Gasteiger partial charge in [-0.15, -0.1) is 11.6 Å². The van der Waals surface area contributed by atoms with Crippen molar-refractivity contribution in [2.24, 2.45) is 0 Å². The van der Waals surface area contributed by atoms with E-state index in [2.05, 4.69) is 15.3 Å². The Morgan fingerprint density at radius 2 is 2.00 bits per heavy atom. The van der Waals surface area contributed by atoms with E-state index in [1.54, 1.807) is 18.5 Å². The van der Waals surface area contributed by atoms with Gasteiger partial charge in [-0.3, -0.25) is 0 Å². The fourth-order valence-electron chi connectivity index (χ4n) is 1.22. The van der Waals surface area contributed by atoms with Gasteiger partial charge in [0, 0.05) is 23.8 Å². The molecule has 1 saturated carbocycles. The number of hydrogen-bond acceptors (Lipinski definition) is 3. The van der Waals surface area contributed by atoms with Gasteiger partial charge in [0.05, 0.1) is 0 Å². The predicted molar refractivity (Wildman–Crippen MR) is 48.3 cm³/mol. The summed E-state index contributed by atoms with van der Waals surface area (Å²) in [5.41, 5.74) is 0. The molecule has 1 aromatic rings. The number of anilines is 1. The lowest BCUT2D eigenvalue weighted by Crippen LogP contribution is -2.36. The maximum atomic E-state index is 5.83. The maximum absolute atomic E-state index is 5.83. The van der Waals surface area contributed by atoms with Crippen LogP contribution in [0.2, 0.25) is 0 Å². The average Bonchev–Trinajstić information content (AvgIpc) is 2.04. The molecule has 1 fully saturated rings. The molecule has 12 heavy (non-hydrogen) atoms. The third-order valence-corrected chi connectivity index (χ3v) is 2.34. The second-order valence-corrected chi connectivity index (χ2v) is 3.60. The Labute approximate surface area is 76.2 Å². The molecule has 2 rings (SSSR count). The Morgan fingerprint density at radius 1 is 1.33 bits per heavy atom. The molecule has 1 heterocycles. The summed E-state index contributed by atoms with van der Waals surface area (Å²) in [5, 5.41) is 3.54. The van der Waals surface area contributed by atoms with Crippen molar-refractivity contribution in [3.8, 4) is 0 Å². The van der Waals surface area contributed by atoms with Crippen molar-refractivity contribution in [2.75, 3.05) is 5.32 Å². The van der Waals surface area contributed by atoms with E-state index in [-0.39, 0.29) is 0 Å². The van der Waals surface area contributed by atoms with Crippen LogP contribution in [0.3, 0.4) is 0 Å². The van der Waals surface area contributed by atoms with Gasteiger partial charge < -0.3 is 5.32 Å². The molecule has 3 nitrogen and oxygen atoms in total. The van der Waals surface area contributed by atoms with Crippen LogP contribution in [0.1, 0.15) is 12.8 Å². The fraction of sp³-hybridized carbons (Fsp3) is 0.500. The zero-order chi connectivity index (χ0) is 8.39. The van der Waals surface area contributed by atoms with Gasteiger partial charge in [0.2, 0.25) is 5.95 Å². The third kappa shape index (κ3) is 1.67. The molecular formula is C8H10ClN3. The molecule has 0 aromatic carbocycles. The highest BCUT2D eigenvalue weighted by atomic mass is 35.5. The fourth-order valence-corrected chi connectivity index (χ4v) is 1.65. The van der Waals surface area contributed by atoms with E-state index in [4.69, 9.17) is 11.6 Å².